The highest BCUT2D eigenvalue weighted by atomic mass is 16.5. The van der Waals surface area contributed by atoms with Crippen LogP contribution in [0.25, 0.3) is 10.9 Å². The number of fused-ring (bicyclic) bond motifs is 1. The molecule has 2 heterocycles. The van der Waals surface area contributed by atoms with E-state index < -0.39 is 0 Å². The van der Waals surface area contributed by atoms with E-state index in [1.165, 1.54) is 16.5 Å². The van der Waals surface area contributed by atoms with Gasteiger partial charge in [-0.05, 0) is 13.0 Å². The van der Waals surface area contributed by atoms with Gasteiger partial charge in [-0.15, -0.1) is 0 Å². The molecule has 17 heavy (non-hydrogen) atoms. The quantitative estimate of drug-likeness (QED) is 0.813. The molecule has 0 spiro atoms. The lowest BCUT2D eigenvalue weighted by atomic mass is 10.1. The average molecular weight is 230 g/mol. The first-order valence-corrected chi connectivity index (χ1v) is 6.14. The van der Waals surface area contributed by atoms with Crippen molar-refractivity contribution in [1.82, 2.24) is 9.88 Å². The summed E-state index contributed by atoms with van der Waals surface area (Å²) in [5.74, 6) is 0. The number of hydrogen-bond donors (Lipinski definition) is 1. The second-order valence-electron chi connectivity index (χ2n) is 4.84. The fourth-order valence-corrected chi connectivity index (χ4v) is 2.52. The average Bonchev–Trinajstić information content (AvgIpc) is 2.69. The maximum atomic E-state index is 5.92. The standard InChI is InChI=1S/C14H18N2O/c1-10-9-17-14(7-15-10)12-8-16(2)13-6-4-3-5-11(12)13/h3-6,8,10,14-15H,7,9H2,1-2H3. The Morgan fingerprint density at radius 1 is 1.35 bits per heavy atom. The van der Waals surface area contributed by atoms with E-state index in [0.29, 0.717) is 6.04 Å². The molecular weight excluding hydrogens is 212 g/mol. The number of aryl methyl sites for hydroxylation is 1. The minimum absolute atomic E-state index is 0.178. The maximum absolute atomic E-state index is 5.92. The Morgan fingerprint density at radius 3 is 2.94 bits per heavy atom. The first-order chi connectivity index (χ1) is 8.25. The van der Waals surface area contributed by atoms with Crippen LogP contribution >= 0.6 is 0 Å². The van der Waals surface area contributed by atoms with Crippen molar-refractivity contribution in [2.45, 2.75) is 19.1 Å². The van der Waals surface area contributed by atoms with Crippen molar-refractivity contribution in [1.29, 1.82) is 0 Å². The minimum Gasteiger partial charge on any atom is -0.371 e. The number of morpholine rings is 1. The van der Waals surface area contributed by atoms with Gasteiger partial charge in [-0.1, -0.05) is 18.2 Å². The number of para-hydroxylation sites is 1. The molecular formula is C14H18N2O. The summed E-state index contributed by atoms with van der Waals surface area (Å²) in [7, 11) is 2.09. The Bertz CT molecular complexity index is 524. The number of hydrogen-bond acceptors (Lipinski definition) is 2. The van der Waals surface area contributed by atoms with E-state index in [1.807, 2.05) is 0 Å². The largest absolute Gasteiger partial charge is 0.371 e. The fourth-order valence-electron chi connectivity index (χ4n) is 2.52. The minimum atomic E-state index is 0.178. The van der Waals surface area contributed by atoms with Crippen molar-refractivity contribution in [2.75, 3.05) is 13.2 Å². The van der Waals surface area contributed by atoms with Crippen LogP contribution in [0.2, 0.25) is 0 Å². The van der Waals surface area contributed by atoms with Gasteiger partial charge < -0.3 is 14.6 Å². The molecule has 0 amide bonds. The Kier molecular flexibility index (Phi) is 2.65. The summed E-state index contributed by atoms with van der Waals surface area (Å²) in [6.45, 7) is 3.84. The van der Waals surface area contributed by atoms with Gasteiger partial charge in [-0.3, -0.25) is 0 Å². The molecule has 1 fully saturated rings. The van der Waals surface area contributed by atoms with Crippen molar-refractivity contribution < 1.29 is 4.74 Å². The lowest BCUT2D eigenvalue weighted by Crippen LogP contribution is -2.40. The number of aromatic nitrogens is 1. The lowest BCUT2D eigenvalue weighted by Gasteiger charge is -2.28. The van der Waals surface area contributed by atoms with E-state index in [9.17, 15) is 0 Å². The predicted molar refractivity (Wildman–Crippen MR) is 69.1 cm³/mol. The number of nitrogens with one attached hydrogen (secondary N) is 1. The van der Waals surface area contributed by atoms with Gasteiger partial charge in [-0.25, -0.2) is 0 Å². The topological polar surface area (TPSA) is 26.2 Å². The van der Waals surface area contributed by atoms with Crippen molar-refractivity contribution in [2.24, 2.45) is 7.05 Å². The van der Waals surface area contributed by atoms with E-state index >= 15 is 0 Å². The van der Waals surface area contributed by atoms with Gasteiger partial charge in [0, 0.05) is 42.3 Å². The molecule has 2 unspecified atom stereocenters. The Hall–Kier alpha value is -1.32. The third-order valence-electron chi connectivity index (χ3n) is 3.47. The van der Waals surface area contributed by atoms with Crippen LogP contribution in [0, 0.1) is 0 Å². The second-order valence-corrected chi connectivity index (χ2v) is 4.84. The van der Waals surface area contributed by atoms with Gasteiger partial charge in [0.1, 0.15) is 0 Å². The molecule has 0 aliphatic carbocycles. The zero-order valence-corrected chi connectivity index (χ0v) is 10.3. The SMILES string of the molecule is CC1COC(c2cn(C)c3ccccc23)CN1. The van der Waals surface area contributed by atoms with Crippen LogP contribution < -0.4 is 5.32 Å². The van der Waals surface area contributed by atoms with Gasteiger partial charge in [0.2, 0.25) is 0 Å². The smallest absolute Gasteiger partial charge is 0.0970 e. The van der Waals surface area contributed by atoms with Crippen molar-refractivity contribution >= 4 is 10.9 Å². The third-order valence-corrected chi connectivity index (χ3v) is 3.47. The molecule has 1 N–H and O–H groups in total. The molecule has 3 nitrogen and oxygen atoms in total. The van der Waals surface area contributed by atoms with Crippen molar-refractivity contribution in [3.63, 3.8) is 0 Å². The zero-order valence-electron chi connectivity index (χ0n) is 10.3. The van der Waals surface area contributed by atoms with Crippen LogP contribution in [0.15, 0.2) is 30.5 Å². The van der Waals surface area contributed by atoms with Crippen LogP contribution in [0.4, 0.5) is 0 Å². The number of ether oxygens (including phenoxy) is 1. The highest BCUT2D eigenvalue weighted by Gasteiger charge is 2.22. The van der Waals surface area contributed by atoms with Crippen molar-refractivity contribution in [3.05, 3.63) is 36.0 Å². The van der Waals surface area contributed by atoms with E-state index in [-0.39, 0.29) is 6.10 Å². The normalized spacial score (nSPS) is 25.3. The summed E-state index contributed by atoms with van der Waals surface area (Å²) in [5.41, 5.74) is 2.56. The molecule has 0 saturated carbocycles. The number of benzene rings is 1. The molecule has 90 valence electrons. The van der Waals surface area contributed by atoms with Crippen molar-refractivity contribution in [3.8, 4) is 0 Å². The number of rotatable bonds is 1. The van der Waals surface area contributed by atoms with Gasteiger partial charge in [-0.2, -0.15) is 0 Å². The van der Waals surface area contributed by atoms with Gasteiger partial charge >= 0.3 is 0 Å². The van der Waals surface area contributed by atoms with Crippen LogP contribution in [-0.4, -0.2) is 23.8 Å². The first-order valence-electron chi connectivity index (χ1n) is 6.14. The van der Waals surface area contributed by atoms with Crippen LogP contribution in [-0.2, 0) is 11.8 Å². The van der Waals surface area contributed by atoms with E-state index in [0.717, 1.165) is 13.2 Å². The molecule has 3 rings (SSSR count). The molecule has 3 heteroatoms. The molecule has 1 aliphatic rings. The van der Waals surface area contributed by atoms with Crippen LogP contribution in [0.1, 0.15) is 18.6 Å². The monoisotopic (exact) mass is 230 g/mol. The molecule has 0 bridgehead atoms. The molecule has 2 atom stereocenters. The summed E-state index contributed by atoms with van der Waals surface area (Å²) in [6.07, 6.45) is 2.37. The summed E-state index contributed by atoms with van der Waals surface area (Å²) in [4.78, 5) is 0. The highest BCUT2D eigenvalue weighted by molar-refractivity contribution is 5.84. The Labute approximate surface area is 101 Å². The third kappa shape index (κ3) is 1.85. The Morgan fingerprint density at radius 2 is 2.18 bits per heavy atom. The van der Waals surface area contributed by atoms with E-state index in [4.69, 9.17) is 4.74 Å². The molecule has 1 aliphatic heterocycles. The van der Waals surface area contributed by atoms with Crippen LogP contribution in [0.5, 0.6) is 0 Å². The van der Waals surface area contributed by atoms with Gasteiger partial charge in [0.15, 0.2) is 0 Å². The highest BCUT2D eigenvalue weighted by Crippen LogP contribution is 2.29. The summed E-state index contributed by atoms with van der Waals surface area (Å²) < 4.78 is 8.09. The second kappa shape index (κ2) is 4.17. The molecule has 0 radical (unpaired) electrons. The van der Waals surface area contributed by atoms with Crippen LogP contribution in [0.3, 0.4) is 0 Å². The van der Waals surface area contributed by atoms with E-state index in [1.54, 1.807) is 0 Å². The van der Waals surface area contributed by atoms with E-state index in [2.05, 4.69) is 54.3 Å². The zero-order chi connectivity index (χ0) is 11.8. The number of nitrogens with zero attached hydrogens (tertiary/aromatic N) is 1. The molecule has 2 aromatic rings. The summed E-state index contributed by atoms with van der Waals surface area (Å²) >= 11 is 0. The predicted octanol–water partition coefficient (Wildman–Crippen LogP) is 2.23. The lowest BCUT2D eigenvalue weighted by molar-refractivity contribution is 0.00770. The molecule has 1 aromatic carbocycles. The van der Waals surface area contributed by atoms with Gasteiger partial charge in [0.25, 0.3) is 0 Å². The fraction of sp³-hybridized carbons (Fsp3) is 0.429. The Balaban J connectivity index is 2.00. The molecule has 1 saturated heterocycles. The first kappa shape index (κ1) is 10.8. The summed E-state index contributed by atoms with van der Waals surface area (Å²) in [6, 6.07) is 8.95. The summed E-state index contributed by atoms with van der Waals surface area (Å²) in [5, 5.41) is 4.77. The maximum Gasteiger partial charge on any atom is 0.0970 e. The van der Waals surface area contributed by atoms with Gasteiger partial charge in [0.05, 0.1) is 12.7 Å². The molecule has 1 aromatic heterocycles.